The Morgan fingerprint density at radius 1 is 1.11 bits per heavy atom. The summed E-state index contributed by atoms with van der Waals surface area (Å²) in [5.74, 6) is 0. The van der Waals surface area contributed by atoms with Crippen molar-refractivity contribution in [3.8, 4) is 0 Å². The Morgan fingerprint density at radius 3 is 2.37 bits per heavy atom. The lowest BCUT2D eigenvalue weighted by molar-refractivity contribution is 0.266. The number of aryl methyl sites for hydroxylation is 1. The van der Waals surface area contributed by atoms with Crippen LogP contribution in [0, 0.1) is 6.92 Å². The zero-order valence-electron chi connectivity index (χ0n) is 13.1. The lowest BCUT2D eigenvalue weighted by Crippen LogP contribution is -2.24. The van der Waals surface area contributed by atoms with Gasteiger partial charge in [0.15, 0.2) is 0 Å². The lowest BCUT2D eigenvalue weighted by atomic mass is 10.2. The second kappa shape index (κ2) is 9.51. The molecule has 2 nitrogen and oxygen atoms in total. The summed E-state index contributed by atoms with van der Waals surface area (Å²) in [6, 6.07) is 2.40. The van der Waals surface area contributed by atoms with Gasteiger partial charge in [0.05, 0.1) is 0 Å². The minimum Gasteiger partial charge on any atom is -0.312 e. The van der Waals surface area contributed by atoms with Gasteiger partial charge >= 0.3 is 0 Å². The van der Waals surface area contributed by atoms with Crippen LogP contribution < -0.4 is 5.32 Å². The standard InChI is InChI=1S/C16H30N2S/c1-5-8-17-12-16-11-15(14(4)19-16)13-18(9-6-2)10-7-3/h11,17H,5-10,12-13H2,1-4H3. The summed E-state index contributed by atoms with van der Waals surface area (Å²) in [5.41, 5.74) is 1.53. The highest BCUT2D eigenvalue weighted by atomic mass is 32.1. The fourth-order valence-electron chi connectivity index (χ4n) is 2.36. The van der Waals surface area contributed by atoms with Crippen LogP contribution in [-0.2, 0) is 13.1 Å². The molecule has 1 rings (SSSR count). The van der Waals surface area contributed by atoms with Crippen LogP contribution in [0.2, 0.25) is 0 Å². The first-order chi connectivity index (χ1) is 9.21. The first-order valence-electron chi connectivity index (χ1n) is 7.72. The molecule has 1 heterocycles. The van der Waals surface area contributed by atoms with E-state index in [4.69, 9.17) is 0 Å². The Bertz CT molecular complexity index is 341. The average Bonchev–Trinajstić information content (AvgIpc) is 2.71. The van der Waals surface area contributed by atoms with E-state index in [1.165, 1.54) is 47.7 Å². The summed E-state index contributed by atoms with van der Waals surface area (Å²) in [6.45, 7) is 14.7. The molecule has 1 aromatic rings. The minimum absolute atomic E-state index is 1.03. The highest BCUT2D eigenvalue weighted by molar-refractivity contribution is 7.12. The van der Waals surface area contributed by atoms with Crippen molar-refractivity contribution in [2.45, 2.75) is 60.0 Å². The molecule has 0 radical (unpaired) electrons. The molecule has 0 aliphatic carbocycles. The molecule has 0 aliphatic heterocycles. The first-order valence-corrected chi connectivity index (χ1v) is 8.54. The molecule has 0 aromatic carbocycles. The van der Waals surface area contributed by atoms with Crippen molar-refractivity contribution >= 4 is 11.3 Å². The number of thiophene rings is 1. The van der Waals surface area contributed by atoms with Gasteiger partial charge in [0.25, 0.3) is 0 Å². The fraction of sp³-hybridized carbons (Fsp3) is 0.750. The van der Waals surface area contributed by atoms with Crippen LogP contribution >= 0.6 is 11.3 Å². The molecule has 0 saturated carbocycles. The van der Waals surface area contributed by atoms with Gasteiger partial charge in [-0.05, 0) is 57.5 Å². The Kier molecular flexibility index (Phi) is 8.35. The number of nitrogens with one attached hydrogen (secondary N) is 1. The third-order valence-electron chi connectivity index (χ3n) is 3.27. The zero-order chi connectivity index (χ0) is 14.1. The van der Waals surface area contributed by atoms with Crippen LogP contribution in [0.5, 0.6) is 0 Å². The van der Waals surface area contributed by atoms with Crippen molar-refractivity contribution in [1.29, 1.82) is 0 Å². The van der Waals surface area contributed by atoms with Crippen molar-refractivity contribution in [2.24, 2.45) is 0 Å². The Morgan fingerprint density at radius 2 is 1.79 bits per heavy atom. The monoisotopic (exact) mass is 282 g/mol. The summed E-state index contributed by atoms with van der Waals surface area (Å²) < 4.78 is 0. The van der Waals surface area contributed by atoms with Gasteiger partial charge in [-0.1, -0.05) is 20.8 Å². The van der Waals surface area contributed by atoms with Crippen molar-refractivity contribution in [3.05, 3.63) is 21.4 Å². The molecule has 3 heteroatoms. The van der Waals surface area contributed by atoms with E-state index in [0.717, 1.165) is 19.6 Å². The van der Waals surface area contributed by atoms with Crippen LogP contribution in [-0.4, -0.2) is 24.5 Å². The number of rotatable bonds is 10. The van der Waals surface area contributed by atoms with Gasteiger partial charge in [0, 0.05) is 22.8 Å². The number of hydrogen-bond acceptors (Lipinski definition) is 3. The largest absolute Gasteiger partial charge is 0.312 e. The molecule has 1 aromatic heterocycles. The molecule has 110 valence electrons. The Labute approximate surface area is 123 Å². The maximum Gasteiger partial charge on any atom is 0.0299 e. The summed E-state index contributed by atoms with van der Waals surface area (Å²) in [7, 11) is 0. The normalized spacial score (nSPS) is 11.4. The molecular weight excluding hydrogens is 252 g/mol. The third kappa shape index (κ3) is 6.07. The quantitative estimate of drug-likeness (QED) is 0.648. The van der Waals surface area contributed by atoms with E-state index >= 15 is 0 Å². The van der Waals surface area contributed by atoms with E-state index in [2.05, 4.69) is 44.0 Å². The molecule has 1 N–H and O–H groups in total. The van der Waals surface area contributed by atoms with E-state index in [1.54, 1.807) is 0 Å². The van der Waals surface area contributed by atoms with Crippen LogP contribution in [0.3, 0.4) is 0 Å². The van der Waals surface area contributed by atoms with Gasteiger partial charge in [-0.25, -0.2) is 0 Å². The SMILES string of the molecule is CCCNCc1cc(CN(CCC)CCC)c(C)s1. The molecule has 0 unspecified atom stereocenters. The molecule has 0 fully saturated rings. The van der Waals surface area contributed by atoms with E-state index in [1.807, 2.05) is 11.3 Å². The third-order valence-corrected chi connectivity index (χ3v) is 4.36. The fourth-order valence-corrected chi connectivity index (χ4v) is 3.39. The van der Waals surface area contributed by atoms with Crippen molar-refractivity contribution < 1.29 is 0 Å². The summed E-state index contributed by atoms with van der Waals surface area (Å²) in [4.78, 5) is 5.55. The summed E-state index contributed by atoms with van der Waals surface area (Å²) in [5, 5.41) is 3.49. The Hall–Kier alpha value is -0.380. The molecule has 0 aliphatic rings. The topological polar surface area (TPSA) is 15.3 Å². The number of hydrogen-bond donors (Lipinski definition) is 1. The molecule has 0 atom stereocenters. The second-order valence-electron chi connectivity index (χ2n) is 5.25. The smallest absolute Gasteiger partial charge is 0.0299 e. The molecule has 19 heavy (non-hydrogen) atoms. The first kappa shape index (κ1) is 16.7. The number of nitrogens with zero attached hydrogens (tertiary/aromatic N) is 1. The highest BCUT2D eigenvalue weighted by Crippen LogP contribution is 2.23. The maximum atomic E-state index is 3.49. The second-order valence-corrected chi connectivity index (χ2v) is 6.59. The molecule has 0 amide bonds. The van der Waals surface area contributed by atoms with Crippen molar-refractivity contribution in [3.63, 3.8) is 0 Å². The van der Waals surface area contributed by atoms with E-state index in [9.17, 15) is 0 Å². The molecule has 0 spiro atoms. The van der Waals surface area contributed by atoms with E-state index in [0.29, 0.717) is 0 Å². The van der Waals surface area contributed by atoms with Gasteiger partial charge in [-0.2, -0.15) is 0 Å². The van der Waals surface area contributed by atoms with Crippen LogP contribution in [0.25, 0.3) is 0 Å². The average molecular weight is 282 g/mol. The van der Waals surface area contributed by atoms with Crippen LogP contribution in [0.15, 0.2) is 6.07 Å². The summed E-state index contributed by atoms with van der Waals surface area (Å²) in [6.07, 6.45) is 3.69. The van der Waals surface area contributed by atoms with Gasteiger partial charge in [-0.3, -0.25) is 4.90 Å². The lowest BCUT2D eigenvalue weighted by Gasteiger charge is -2.20. The maximum absolute atomic E-state index is 3.49. The van der Waals surface area contributed by atoms with Gasteiger partial charge in [0.2, 0.25) is 0 Å². The van der Waals surface area contributed by atoms with E-state index in [-0.39, 0.29) is 0 Å². The van der Waals surface area contributed by atoms with Gasteiger partial charge in [0.1, 0.15) is 0 Å². The molecule has 0 saturated heterocycles. The molecule has 0 bridgehead atoms. The zero-order valence-corrected chi connectivity index (χ0v) is 13.9. The van der Waals surface area contributed by atoms with Crippen molar-refractivity contribution in [1.82, 2.24) is 10.2 Å². The van der Waals surface area contributed by atoms with E-state index < -0.39 is 0 Å². The highest BCUT2D eigenvalue weighted by Gasteiger charge is 2.09. The van der Waals surface area contributed by atoms with Crippen LogP contribution in [0.1, 0.15) is 55.4 Å². The minimum atomic E-state index is 1.03. The predicted molar refractivity (Wildman–Crippen MR) is 86.9 cm³/mol. The Balaban J connectivity index is 2.56. The predicted octanol–water partition coefficient (Wildman–Crippen LogP) is 4.18. The van der Waals surface area contributed by atoms with Gasteiger partial charge in [-0.15, -0.1) is 11.3 Å². The van der Waals surface area contributed by atoms with Gasteiger partial charge < -0.3 is 5.32 Å². The van der Waals surface area contributed by atoms with Crippen molar-refractivity contribution in [2.75, 3.05) is 19.6 Å². The van der Waals surface area contributed by atoms with Crippen LogP contribution in [0.4, 0.5) is 0 Å². The summed E-state index contributed by atoms with van der Waals surface area (Å²) >= 11 is 1.95. The molecular formula is C16H30N2S.